The standard InChI is InChI=1S/C15H21N3S/c1-4-11(3)17-10-14-13(5-2)18-15(19-14)12-6-8-16-9-7-12/h6-9,11,17H,4-5,10H2,1-3H3. The number of rotatable bonds is 6. The Morgan fingerprint density at radius 1 is 1.26 bits per heavy atom. The maximum absolute atomic E-state index is 4.75. The predicted molar refractivity (Wildman–Crippen MR) is 81.3 cm³/mol. The van der Waals surface area contributed by atoms with Crippen molar-refractivity contribution < 1.29 is 0 Å². The molecule has 1 atom stereocenters. The van der Waals surface area contributed by atoms with Gasteiger partial charge in [0, 0.05) is 35.4 Å². The van der Waals surface area contributed by atoms with E-state index in [0.29, 0.717) is 6.04 Å². The van der Waals surface area contributed by atoms with E-state index in [0.717, 1.165) is 30.0 Å². The van der Waals surface area contributed by atoms with E-state index >= 15 is 0 Å². The van der Waals surface area contributed by atoms with E-state index in [9.17, 15) is 0 Å². The molecule has 0 saturated heterocycles. The van der Waals surface area contributed by atoms with Gasteiger partial charge in [-0.1, -0.05) is 13.8 Å². The summed E-state index contributed by atoms with van der Waals surface area (Å²) in [5, 5.41) is 4.64. The highest BCUT2D eigenvalue weighted by molar-refractivity contribution is 7.15. The van der Waals surface area contributed by atoms with Crippen molar-refractivity contribution in [2.75, 3.05) is 0 Å². The Morgan fingerprint density at radius 3 is 2.63 bits per heavy atom. The minimum absolute atomic E-state index is 0.552. The Balaban J connectivity index is 2.18. The van der Waals surface area contributed by atoms with Gasteiger partial charge in [0.15, 0.2) is 0 Å². The van der Waals surface area contributed by atoms with Crippen molar-refractivity contribution in [3.8, 4) is 10.6 Å². The van der Waals surface area contributed by atoms with Crippen LogP contribution < -0.4 is 5.32 Å². The fraction of sp³-hybridized carbons (Fsp3) is 0.467. The quantitative estimate of drug-likeness (QED) is 0.874. The molecule has 0 spiro atoms. The molecule has 0 aliphatic carbocycles. The first-order valence-electron chi connectivity index (χ1n) is 6.87. The summed E-state index contributed by atoms with van der Waals surface area (Å²) in [6.45, 7) is 7.50. The Morgan fingerprint density at radius 2 is 2.00 bits per heavy atom. The van der Waals surface area contributed by atoms with Crippen LogP contribution in [0.3, 0.4) is 0 Å². The van der Waals surface area contributed by atoms with Crippen molar-refractivity contribution in [1.29, 1.82) is 0 Å². The second kappa shape index (κ2) is 6.78. The summed E-state index contributed by atoms with van der Waals surface area (Å²) in [6.07, 6.45) is 5.77. The molecule has 2 aromatic rings. The average Bonchev–Trinajstić information content (AvgIpc) is 2.89. The van der Waals surface area contributed by atoms with Crippen LogP contribution in [0.4, 0.5) is 0 Å². The van der Waals surface area contributed by atoms with Gasteiger partial charge in [-0.2, -0.15) is 0 Å². The Bertz CT molecular complexity index is 507. The first-order valence-corrected chi connectivity index (χ1v) is 7.68. The highest BCUT2D eigenvalue weighted by Crippen LogP contribution is 2.28. The summed E-state index contributed by atoms with van der Waals surface area (Å²) in [5.41, 5.74) is 2.37. The Kier molecular flexibility index (Phi) is 5.05. The van der Waals surface area contributed by atoms with Gasteiger partial charge in [0.2, 0.25) is 0 Å². The van der Waals surface area contributed by atoms with Gasteiger partial charge in [0.25, 0.3) is 0 Å². The van der Waals surface area contributed by atoms with Gasteiger partial charge >= 0.3 is 0 Å². The zero-order valence-electron chi connectivity index (χ0n) is 11.8. The van der Waals surface area contributed by atoms with Crippen molar-refractivity contribution in [3.05, 3.63) is 35.1 Å². The lowest BCUT2D eigenvalue weighted by Gasteiger charge is -2.10. The van der Waals surface area contributed by atoms with Crippen LogP contribution in [-0.4, -0.2) is 16.0 Å². The molecule has 2 aromatic heterocycles. The molecule has 0 aliphatic rings. The predicted octanol–water partition coefficient (Wildman–Crippen LogP) is 3.66. The van der Waals surface area contributed by atoms with Crippen molar-refractivity contribution >= 4 is 11.3 Å². The van der Waals surface area contributed by atoms with E-state index in [-0.39, 0.29) is 0 Å². The van der Waals surface area contributed by atoms with Gasteiger partial charge in [0.05, 0.1) is 5.69 Å². The number of aryl methyl sites for hydroxylation is 1. The lowest BCUT2D eigenvalue weighted by atomic mass is 10.2. The number of nitrogens with zero attached hydrogens (tertiary/aromatic N) is 2. The molecule has 2 rings (SSSR count). The van der Waals surface area contributed by atoms with Gasteiger partial charge < -0.3 is 5.32 Å². The lowest BCUT2D eigenvalue weighted by molar-refractivity contribution is 0.535. The van der Waals surface area contributed by atoms with E-state index in [1.54, 1.807) is 11.3 Å². The summed E-state index contributed by atoms with van der Waals surface area (Å²) in [7, 11) is 0. The van der Waals surface area contributed by atoms with Crippen LogP contribution >= 0.6 is 11.3 Å². The van der Waals surface area contributed by atoms with E-state index in [1.807, 2.05) is 24.5 Å². The van der Waals surface area contributed by atoms with Gasteiger partial charge in [-0.25, -0.2) is 4.98 Å². The van der Waals surface area contributed by atoms with Crippen LogP contribution in [0.15, 0.2) is 24.5 Å². The second-order valence-corrected chi connectivity index (χ2v) is 5.75. The monoisotopic (exact) mass is 275 g/mol. The first-order chi connectivity index (χ1) is 9.24. The average molecular weight is 275 g/mol. The fourth-order valence-corrected chi connectivity index (χ4v) is 2.93. The molecule has 0 saturated carbocycles. The summed E-state index contributed by atoms with van der Waals surface area (Å²) in [5.74, 6) is 0. The molecule has 2 heterocycles. The van der Waals surface area contributed by atoms with E-state index in [4.69, 9.17) is 4.98 Å². The van der Waals surface area contributed by atoms with Crippen LogP contribution in [-0.2, 0) is 13.0 Å². The van der Waals surface area contributed by atoms with Crippen LogP contribution in [0.5, 0.6) is 0 Å². The summed E-state index contributed by atoms with van der Waals surface area (Å²) < 4.78 is 0. The van der Waals surface area contributed by atoms with Crippen LogP contribution in [0, 0.1) is 0 Å². The third-order valence-corrected chi connectivity index (χ3v) is 4.41. The lowest BCUT2D eigenvalue weighted by Crippen LogP contribution is -2.24. The molecule has 0 bridgehead atoms. The molecule has 3 nitrogen and oxygen atoms in total. The molecule has 0 aliphatic heterocycles. The second-order valence-electron chi connectivity index (χ2n) is 4.67. The molecule has 102 valence electrons. The van der Waals surface area contributed by atoms with Crippen molar-refractivity contribution in [2.24, 2.45) is 0 Å². The number of hydrogen-bond donors (Lipinski definition) is 1. The maximum atomic E-state index is 4.75. The molecule has 4 heteroatoms. The third kappa shape index (κ3) is 3.61. The number of aromatic nitrogens is 2. The minimum atomic E-state index is 0.552. The van der Waals surface area contributed by atoms with E-state index < -0.39 is 0 Å². The smallest absolute Gasteiger partial charge is 0.124 e. The summed E-state index contributed by atoms with van der Waals surface area (Å²) in [4.78, 5) is 10.2. The molecule has 0 radical (unpaired) electrons. The molecule has 1 N–H and O–H groups in total. The number of nitrogens with one attached hydrogen (secondary N) is 1. The zero-order chi connectivity index (χ0) is 13.7. The third-order valence-electron chi connectivity index (χ3n) is 3.26. The highest BCUT2D eigenvalue weighted by atomic mass is 32.1. The zero-order valence-corrected chi connectivity index (χ0v) is 12.6. The Hall–Kier alpha value is -1.26. The molecule has 0 aromatic carbocycles. The maximum Gasteiger partial charge on any atom is 0.124 e. The largest absolute Gasteiger partial charge is 0.309 e. The summed E-state index contributed by atoms with van der Waals surface area (Å²) in [6, 6.07) is 4.59. The first kappa shape index (κ1) is 14.2. The van der Waals surface area contributed by atoms with Gasteiger partial charge in [-0.15, -0.1) is 11.3 Å². The van der Waals surface area contributed by atoms with Crippen LogP contribution in [0.2, 0.25) is 0 Å². The highest BCUT2D eigenvalue weighted by Gasteiger charge is 2.11. The fourth-order valence-electron chi connectivity index (χ4n) is 1.83. The molecule has 19 heavy (non-hydrogen) atoms. The molecule has 0 amide bonds. The van der Waals surface area contributed by atoms with Crippen molar-refractivity contribution in [2.45, 2.75) is 46.2 Å². The van der Waals surface area contributed by atoms with E-state index in [2.05, 4.69) is 31.1 Å². The molecular weight excluding hydrogens is 254 g/mol. The topological polar surface area (TPSA) is 37.8 Å². The SMILES string of the molecule is CCc1nc(-c2ccncc2)sc1CNC(C)CC. The molecule has 0 fully saturated rings. The van der Waals surface area contributed by atoms with Gasteiger partial charge in [0.1, 0.15) is 5.01 Å². The normalized spacial score (nSPS) is 12.6. The molecular formula is C15H21N3S. The Labute approximate surface area is 119 Å². The van der Waals surface area contributed by atoms with Crippen LogP contribution in [0.25, 0.3) is 10.6 Å². The number of thiazole rings is 1. The van der Waals surface area contributed by atoms with E-state index in [1.165, 1.54) is 10.6 Å². The summed E-state index contributed by atoms with van der Waals surface area (Å²) >= 11 is 1.79. The molecule has 1 unspecified atom stereocenters. The number of hydrogen-bond acceptors (Lipinski definition) is 4. The van der Waals surface area contributed by atoms with Crippen LogP contribution in [0.1, 0.15) is 37.8 Å². The number of pyridine rings is 1. The van der Waals surface area contributed by atoms with Crippen molar-refractivity contribution in [1.82, 2.24) is 15.3 Å². The minimum Gasteiger partial charge on any atom is -0.309 e. The van der Waals surface area contributed by atoms with Gasteiger partial charge in [-0.3, -0.25) is 4.98 Å². The van der Waals surface area contributed by atoms with Crippen molar-refractivity contribution in [3.63, 3.8) is 0 Å². The van der Waals surface area contributed by atoms with Gasteiger partial charge in [-0.05, 0) is 31.9 Å².